The number of ether oxygens (including phenoxy) is 2. The lowest BCUT2D eigenvalue weighted by molar-refractivity contribution is 0.195. The molecule has 2 rings (SSSR count). The van der Waals surface area contributed by atoms with Crippen LogP contribution in [0.2, 0.25) is 0 Å². The third kappa shape index (κ3) is 5.73. The van der Waals surface area contributed by atoms with E-state index in [0.717, 1.165) is 35.5 Å². The summed E-state index contributed by atoms with van der Waals surface area (Å²) in [6.07, 6.45) is 5.68. The largest absolute Gasteiger partial charge is 0.491 e. The average Bonchev–Trinajstić information content (AvgIpc) is 2.74. The number of aliphatic hydroxyl groups excluding tert-OH is 2. The van der Waals surface area contributed by atoms with Gasteiger partial charge in [-0.1, -0.05) is 75.9 Å². The summed E-state index contributed by atoms with van der Waals surface area (Å²) in [4.78, 5) is 0. The van der Waals surface area contributed by atoms with Crippen molar-refractivity contribution in [3.63, 3.8) is 0 Å². The van der Waals surface area contributed by atoms with Gasteiger partial charge in [0.15, 0.2) is 0 Å². The number of hydrogen-bond acceptors (Lipinski definition) is 4. The van der Waals surface area contributed by atoms with Gasteiger partial charge in [0.2, 0.25) is 0 Å². The van der Waals surface area contributed by atoms with Crippen molar-refractivity contribution < 1.29 is 19.7 Å². The van der Waals surface area contributed by atoms with Gasteiger partial charge in [-0.05, 0) is 18.6 Å². The maximum atomic E-state index is 9.21. The molecule has 0 aliphatic heterocycles. The van der Waals surface area contributed by atoms with E-state index in [1.54, 1.807) is 0 Å². The second kappa shape index (κ2) is 11.7. The molecule has 0 bridgehead atoms. The Labute approximate surface area is 169 Å². The minimum atomic E-state index is -0.300. The van der Waals surface area contributed by atoms with E-state index in [1.807, 2.05) is 36.4 Å². The maximum absolute atomic E-state index is 9.21. The first-order valence-electron chi connectivity index (χ1n) is 10.3. The van der Waals surface area contributed by atoms with E-state index in [4.69, 9.17) is 9.47 Å². The van der Waals surface area contributed by atoms with Crippen LogP contribution in [0.15, 0.2) is 48.5 Å². The monoisotopic (exact) mass is 386 g/mol. The number of unbranched alkanes of at least 4 members (excludes halogenated alkanes) is 3. The molecule has 2 N–H and O–H groups in total. The first-order chi connectivity index (χ1) is 13.7. The lowest BCUT2D eigenvalue weighted by Crippen LogP contribution is -2.26. The molecule has 0 aliphatic carbocycles. The van der Waals surface area contributed by atoms with E-state index in [0.29, 0.717) is 0 Å². The average molecular weight is 387 g/mol. The van der Waals surface area contributed by atoms with E-state index < -0.39 is 0 Å². The first kappa shape index (κ1) is 22.3. The summed E-state index contributed by atoms with van der Waals surface area (Å²) in [7, 11) is 0. The van der Waals surface area contributed by atoms with Crippen LogP contribution in [0.4, 0.5) is 0 Å². The van der Waals surface area contributed by atoms with Crippen molar-refractivity contribution in [2.75, 3.05) is 26.4 Å². The second-order valence-corrected chi connectivity index (χ2v) is 7.28. The predicted octanol–water partition coefficient (Wildman–Crippen LogP) is 4.71. The Bertz CT molecular complexity index is 647. The molecule has 4 nitrogen and oxygen atoms in total. The number of benzene rings is 2. The molecular weight excluding hydrogens is 352 g/mol. The minimum absolute atomic E-state index is 0.0161. The van der Waals surface area contributed by atoms with E-state index in [1.165, 1.54) is 19.3 Å². The zero-order chi connectivity index (χ0) is 20.2. The number of rotatable bonds is 13. The fraction of sp³-hybridized carbons (Fsp3) is 0.500. The quantitative estimate of drug-likeness (QED) is 0.490. The molecule has 2 aromatic rings. The van der Waals surface area contributed by atoms with Crippen LogP contribution >= 0.6 is 0 Å². The van der Waals surface area contributed by atoms with Crippen LogP contribution in [0.1, 0.15) is 57.1 Å². The predicted molar refractivity (Wildman–Crippen MR) is 113 cm³/mol. The minimum Gasteiger partial charge on any atom is -0.491 e. The normalized spacial score (nSPS) is 11.4. The molecule has 0 radical (unpaired) electrons. The molecule has 0 saturated heterocycles. The summed E-state index contributed by atoms with van der Waals surface area (Å²) in [5.74, 6) is 1.60. The van der Waals surface area contributed by atoms with Crippen LogP contribution in [0, 0.1) is 0 Å². The Morgan fingerprint density at radius 1 is 0.750 bits per heavy atom. The van der Waals surface area contributed by atoms with Crippen molar-refractivity contribution in [1.82, 2.24) is 0 Å². The molecule has 28 heavy (non-hydrogen) atoms. The summed E-state index contributed by atoms with van der Waals surface area (Å²) in [6.45, 7) is 4.96. The van der Waals surface area contributed by atoms with E-state index in [9.17, 15) is 10.2 Å². The maximum Gasteiger partial charge on any atom is 0.123 e. The smallest absolute Gasteiger partial charge is 0.123 e. The van der Waals surface area contributed by atoms with Gasteiger partial charge in [0, 0.05) is 16.5 Å². The molecule has 0 fully saturated rings. The highest BCUT2D eigenvalue weighted by molar-refractivity contribution is 5.51. The van der Waals surface area contributed by atoms with Crippen LogP contribution in [0.25, 0.3) is 0 Å². The Balaban J connectivity index is 2.47. The molecule has 0 aromatic heterocycles. The molecular formula is C24H34O4. The Morgan fingerprint density at radius 2 is 1.25 bits per heavy atom. The van der Waals surface area contributed by atoms with Crippen LogP contribution in [0.3, 0.4) is 0 Å². The van der Waals surface area contributed by atoms with Gasteiger partial charge in [0.25, 0.3) is 0 Å². The molecule has 0 amide bonds. The Kier molecular flexibility index (Phi) is 9.32. The summed E-state index contributed by atoms with van der Waals surface area (Å²) < 4.78 is 11.7. The number of hydrogen-bond donors (Lipinski definition) is 2. The summed E-state index contributed by atoms with van der Waals surface area (Å²) >= 11 is 0. The zero-order valence-electron chi connectivity index (χ0n) is 17.2. The van der Waals surface area contributed by atoms with E-state index in [-0.39, 0.29) is 31.8 Å². The molecule has 0 spiro atoms. The van der Waals surface area contributed by atoms with Crippen molar-refractivity contribution in [3.05, 3.63) is 59.7 Å². The highest BCUT2D eigenvalue weighted by Crippen LogP contribution is 2.45. The van der Waals surface area contributed by atoms with Crippen LogP contribution in [-0.2, 0) is 5.41 Å². The molecule has 0 unspecified atom stereocenters. The van der Waals surface area contributed by atoms with Gasteiger partial charge in [-0.15, -0.1) is 0 Å². The summed E-state index contributed by atoms with van der Waals surface area (Å²) in [5.41, 5.74) is 1.89. The Hall–Kier alpha value is -2.04. The summed E-state index contributed by atoms with van der Waals surface area (Å²) in [5, 5.41) is 18.4. The number of aliphatic hydroxyl groups is 2. The van der Waals surface area contributed by atoms with E-state index >= 15 is 0 Å². The fourth-order valence-corrected chi connectivity index (χ4v) is 3.73. The van der Waals surface area contributed by atoms with Crippen molar-refractivity contribution in [3.8, 4) is 11.5 Å². The molecule has 0 saturated carbocycles. The second-order valence-electron chi connectivity index (χ2n) is 7.28. The molecule has 4 heteroatoms. The molecule has 0 aliphatic rings. The summed E-state index contributed by atoms with van der Waals surface area (Å²) in [6, 6.07) is 16.1. The van der Waals surface area contributed by atoms with Gasteiger partial charge >= 0.3 is 0 Å². The standard InChI is InChI=1S/C24H34O4/c1-3-4-5-10-15-24(2,20-11-6-8-13-22(20)27-18-16-25)21-12-7-9-14-23(21)28-19-17-26/h6-9,11-14,25-26H,3-5,10,15-19H2,1-2H3. The fourth-order valence-electron chi connectivity index (χ4n) is 3.73. The third-order valence-corrected chi connectivity index (χ3v) is 5.19. The van der Waals surface area contributed by atoms with Crippen molar-refractivity contribution >= 4 is 0 Å². The van der Waals surface area contributed by atoms with E-state index in [2.05, 4.69) is 26.0 Å². The lowest BCUT2D eigenvalue weighted by atomic mass is 9.72. The third-order valence-electron chi connectivity index (χ3n) is 5.19. The van der Waals surface area contributed by atoms with Crippen molar-refractivity contribution in [1.29, 1.82) is 0 Å². The van der Waals surface area contributed by atoms with Gasteiger partial charge < -0.3 is 19.7 Å². The molecule has 2 aromatic carbocycles. The van der Waals surface area contributed by atoms with Gasteiger partial charge in [0.05, 0.1) is 13.2 Å². The first-order valence-corrected chi connectivity index (χ1v) is 10.3. The Morgan fingerprint density at radius 3 is 1.71 bits per heavy atom. The van der Waals surface area contributed by atoms with Crippen LogP contribution < -0.4 is 9.47 Å². The van der Waals surface area contributed by atoms with Crippen LogP contribution in [-0.4, -0.2) is 36.6 Å². The van der Waals surface area contributed by atoms with Gasteiger partial charge in [-0.3, -0.25) is 0 Å². The lowest BCUT2D eigenvalue weighted by Gasteiger charge is -2.34. The molecule has 0 atom stereocenters. The topological polar surface area (TPSA) is 58.9 Å². The SMILES string of the molecule is CCCCCCC(C)(c1ccccc1OCCO)c1ccccc1OCCO. The molecule has 0 heterocycles. The number of para-hydroxylation sites is 2. The highest BCUT2D eigenvalue weighted by atomic mass is 16.5. The van der Waals surface area contributed by atoms with Gasteiger partial charge in [-0.2, -0.15) is 0 Å². The van der Waals surface area contributed by atoms with Crippen molar-refractivity contribution in [2.45, 2.75) is 51.4 Å². The molecule has 154 valence electrons. The van der Waals surface area contributed by atoms with Gasteiger partial charge in [-0.25, -0.2) is 0 Å². The van der Waals surface area contributed by atoms with Crippen LogP contribution in [0.5, 0.6) is 11.5 Å². The zero-order valence-corrected chi connectivity index (χ0v) is 17.2. The van der Waals surface area contributed by atoms with Crippen molar-refractivity contribution in [2.24, 2.45) is 0 Å². The highest BCUT2D eigenvalue weighted by Gasteiger charge is 2.34. The van der Waals surface area contributed by atoms with Gasteiger partial charge in [0.1, 0.15) is 24.7 Å².